The van der Waals surface area contributed by atoms with Crippen LogP contribution in [0.25, 0.3) is 0 Å². The maximum Gasteiger partial charge on any atom is 0.00922 e. The third kappa shape index (κ3) is 2.71. The first-order chi connectivity index (χ1) is 6.86. The maximum absolute atomic E-state index is 3.44. The molecule has 82 valence electrons. The fourth-order valence-corrected chi connectivity index (χ4v) is 2.60. The summed E-state index contributed by atoms with van der Waals surface area (Å²) in [6, 6.07) is 0.928. The van der Waals surface area contributed by atoms with Crippen molar-refractivity contribution in [3.63, 3.8) is 0 Å². The molecule has 1 atom stereocenters. The smallest absolute Gasteiger partial charge is 0.00922 e. The van der Waals surface area contributed by atoms with E-state index in [-0.39, 0.29) is 0 Å². The fraction of sp³-hybridized carbons (Fsp3) is 1.00. The highest BCUT2D eigenvalue weighted by Gasteiger charge is 2.21. The number of nitrogens with zero attached hydrogens (tertiary/aromatic N) is 1. The Morgan fingerprint density at radius 2 is 2.14 bits per heavy atom. The van der Waals surface area contributed by atoms with Crippen LogP contribution in [0.1, 0.15) is 38.5 Å². The molecule has 2 nitrogen and oxygen atoms in total. The van der Waals surface area contributed by atoms with Crippen molar-refractivity contribution in [3.05, 3.63) is 0 Å². The van der Waals surface area contributed by atoms with Gasteiger partial charge in [-0.15, -0.1) is 0 Å². The van der Waals surface area contributed by atoms with Crippen molar-refractivity contribution in [1.29, 1.82) is 0 Å². The summed E-state index contributed by atoms with van der Waals surface area (Å²) in [6.07, 6.45) is 8.60. The molecule has 2 fully saturated rings. The van der Waals surface area contributed by atoms with Crippen LogP contribution in [0.2, 0.25) is 0 Å². The molecule has 0 aromatic carbocycles. The molecular formula is C12H24N2. The van der Waals surface area contributed by atoms with Gasteiger partial charge < -0.3 is 10.2 Å². The molecule has 1 heterocycles. The Labute approximate surface area is 88.1 Å². The predicted octanol–water partition coefficient (Wildman–Crippen LogP) is 1.86. The third-order valence-electron chi connectivity index (χ3n) is 3.98. The van der Waals surface area contributed by atoms with Crippen molar-refractivity contribution in [2.75, 3.05) is 26.7 Å². The Morgan fingerprint density at radius 1 is 1.29 bits per heavy atom. The van der Waals surface area contributed by atoms with E-state index < -0.39 is 0 Å². The van der Waals surface area contributed by atoms with E-state index in [2.05, 4.69) is 17.3 Å². The number of hydrogen-bond donors (Lipinski definition) is 1. The van der Waals surface area contributed by atoms with Gasteiger partial charge in [-0.2, -0.15) is 0 Å². The minimum atomic E-state index is 0.928. The summed E-state index contributed by atoms with van der Waals surface area (Å²) in [6.45, 7) is 3.84. The fourth-order valence-electron chi connectivity index (χ4n) is 2.60. The highest BCUT2D eigenvalue weighted by Crippen LogP contribution is 2.24. The summed E-state index contributed by atoms with van der Waals surface area (Å²) in [5.41, 5.74) is 0. The van der Waals surface area contributed by atoms with Gasteiger partial charge in [0.2, 0.25) is 0 Å². The predicted molar refractivity (Wildman–Crippen MR) is 60.5 cm³/mol. The van der Waals surface area contributed by atoms with Gasteiger partial charge in [0.05, 0.1) is 0 Å². The number of rotatable bonds is 5. The van der Waals surface area contributed by atoms with Crippen LogP contribution in [-0.2, 0) is 0 Å². The summed E-state index contributed by atoms with van der Waals surface area (Å²) >= 11 is 0. The van der Waals surface area contributed by atoms with Crippen molar-refractivity contribution >= 4 is 0 Å². The number of hydrogen-bond acceptors (Lipinski definition) is 2. The second-order valence-corrected chi connectivity index (χ2v) is 5.07. The Hall–Kier alpha value is -0.0800. The van der Waals surface area contributed by atoms with Crippen LogP contribution in [0.4, 0.5) is 0 Å². The average molecular weight is 196 g/mol. The minimum absolute atomic E-state index is 0.928. The molecule has 1 saturated heterocycles. The Balaban J connectivity index is 1.52. The lowest BCUT2D eigenvalue weighted by Crippen LogP contribution is -2.37. The molecule has 14 heavy (non-hydrogen) atoms. The van der Waals surface area contributed by atoms with Crippen LogP contribution in [0.15, 0.2) is 0 Å². The largest absolute Gasteiger partial charge is 0.316 e. The zero-order valence-corrected chi connectivity index (χ0v) is 9.47. The standard InChI is InChI=1S/C12H24N2/c1-14(12-5-2-6-12)9-3-4-11-7-8-13-10-11/h11-13H,2-10H2,1H3. The lowest BCUT2D eigenvalue weighted by Gasteiger charge is -2.34. The van der Waals surface area contributed by atoms with Gasteiger partial charge in [0.25, 0.3) is 0 Å². The molecule has 0 spiro atoms. The summed E-state index contributed by atoms with van der Waals surface area (Å²) in [5, 5.41) is 3.44. The van der Waals surface area contributed by atoms with Crippen LogP contribution in [0.5, 0.6) is 0 Å². The van der Waals surface area contributed by atoms with Crippen molar-refractivity contribution in [2.45, 2.75) is 44.6 Å². The lowest BCUT2D eigenvalue weighted by atomic mass is 9.91. The van der Waals surface area contributed by atoms with Gasteiger partial charge in [-0.05, 0) is 64.7 Å². The first kappa shape index (κ1) is 10.4. The minimum Gasteiger partial charge on any atom is -0.316 e. The molecule has 1 saturated carbocycles. The van der Waals surface area contributed by atoms with E-state index in [1.165, 1.54) is 58.2 Å². The first-order valence-electron chi connectivity index (χ1n) is 6.27. The highest BCUT2D eigenvalue weighted by molar-refractivity contribution is 4.78. The van der Waals surface area contributed by atoms with Gasteiger partial charge in [0, 0.05) is 6.04 Å². The zero-order chi connectivity index (χ0) is 9.80. The topological polar surface area (TPSA) is 15.3 Å². The van der Waals surface area contributed by atoms with Crippen LogP contribution >= 0.6 is 0 Å². The normalized spacial score (nSPS) is 28.3. The van der Waals surface area contributed by atoms with E-state index in [0.717, 1.165) is 12.0 Å². The van der Waals surface area contributed by atoms with Crippen molar-refractivity contribution in [1.82, 2.24) is 10.2 Å². The van der Waals surface area contributed by atoms with Gasteiger partial charge in [0.1, 0.15) is 0 Å². The second-order valence-electron chi connectivity index (χ2n) is 5.07. The molecule has 1 aliphatic carbocycles. The van der Waals surface area contributed by atoms with E-state index in [4.69, 9.17) is 0 Å². The molecule has 0 radical (unpaired) electrons. The van der Waals surface area contributed by atoms with Gasteiger partial charge in [-0.25, -0.2) is 0 Å². The molecule has 2 rings (SSSR count). The molecule has 0 amide bonds. The number of nitrogens with one attached hydrogen (secondary N) is 1. The monoisotopic (exact) mass is 196 g/mol. The van der Waals surface area contributed by atoms with E-state index >= 15 is 0 Å². The maximum atomic E-state index is 3.44. The van der Waals surface area contributed by atoms with E-state index in [0.29, 0.717) is 0 Å². The second kappa shape index (κ2) is 5.13. The van der Waals surface area contributed by atoms with E-state index in [1.807, 2.05) is 0 Å². The molecule has 0 aromatic heterocycles. The molecule has 2 heteroatoms. The SMILES string of the molecule is CN(CCCC1CCNC1)C1CCC1. The Morgan fingerprint density at radius 3 is 2.71 bits per heavy atom. The van der Waals surface area contributed by atoms with Gasteiger partial charge in [-0.3, -0.25) is 0 Å². The molecule has 1 unspecified atom stereocenters. The lowest BCUT2D eigenvalue weighted by molar-refractivity contribution is 0.155. The highest BCUT2D eigenvalue weighted by atomic mass is 15.1. The van der Waals surface area contributed by atoms with Crippen LogP contribution in [-0.4, -0.2) is 37.6 Å². The zero-order valence-electron chi connectivity index (χ0n) is 9.47. The molecule has 1 N–H and O–H groups in total. The molecule has 2 aliphatic rings. The van der Waals surface area contributed by atoms with E-state index in [1.54, 1.807) is 0 Å². The van der Waals surface area contributed by atoms with Gasteiger partial charge in [-0.1, -0.05) is 6.42 Å². The Bertz CT molecular complexity index is 160. The molecule has 0 bridgehead atoms. The summed E-state index contributed by atoms with van der Waals surface area (Å²) < 4.78 is 0. The van der Waals surface area contributed by atoms with Crippen LogP contribution < -0.4 is 5.32 Å². The summed E-state index contributed by atoms with van der Waals surface area (Å²) in [7, 11) is 2.30. The van der Waals surface area contributed by atoms with Crippen LogP contribution in [0, 0.1) is 5.92 Å². The van der Waals surface area contributed by atoms with E-state index in [9.17, 15) is 0 Å². The first-order valence-corrected chi connectivity index (χ1v) is 6.27. The summed E-state index contributed by atoms with van der Waals surface area (Å²) in [5.74, 6) is 0.977. The Kier molecular flexibility index (Phi) is 3.82. The third-order valence-corrected chi connectivity index (χ3v) is 3.98. The van der Waals surface area contributed by atoms with Crippen molar-refractivity contribution in [3.8, 4) is 0 Å². The van der Waals surface area contributed by atoms with Crippen LogP contribution in [0.3, 0.4) is 0 Å². The summed E-state index contributed by atoms with van der Waals surface area (Å²) in [4.78, 5) is 2.58. The van der Waals surface area contributed by atoms with Crippen molar-refractivity contribution < 1.29 is 0 Å². The molecular weight excluding hydrogens is 172 g/mol. The molecule has 0 aromatic rings. The van der Waals surface area contributed by atoms with Crippen molar-refractivity contribution in [2.24, 2.45) is 5.92 Å². The van der Waals surface area contributed by atoms with Gasteiger partial charge >= 0.3 is 0 Å². The van der Waals surface area contributed by atoms with Gasteiger partial charge in [0.15, 0.2) is 0 Å². The quantitative estimate of drug-likeness (QED) is 0.722. The molecule has 1 aliphatic heterocycles. The average Bonchev–Trinajstić information content (AvgIpc) is 2.53.